The molecule has 2 N–H and O–H groups in total. The van der Waals surface area contributed by atoms with Gasteiger partial charge in [0.2, 0.25) is 0 Å². The largest absolute Gasteiger partial charge is 0.388 e. The molecule has 2 aromatic rings. The van der Waals surface area contributed by atoms with E-state index in [2.05, 4.69) is 10.3 Å². The fourth-order valence-electron chi connectivity index (χ4n) is 2.34. The van der Waals surface area contributed by atoms with Gasteiger partial charge in [-0.2, -0.15) is 0 Å². The van der Waals surface area contributed by atoms with Gasteiger partial charge in [-0.15, -0.1) is 0 Å². The van der Waals surface area contributed by atoms with Crippen LogP contribution in [0.25, 0.3) is 10.9 Å². The Hall–Kier alpha value is -1.94. The van der Waals surface area contributed by atoms with Crippen molar-refractivity contribution in [3.63, 3.8) is 0 Å². The zero-order valence-electron chi connectivity index (χ0n) is 12.8. The number of rotatable bonds is 5. The molecule has 0 atom stereocenters. The lowest BCUT2D eigenvalue weighted by atomic mass is 9.97. The van der Waals surface area contributed by atoms with Crippen molar-refractivity contribution in [2.75, 3.05) is 6.54 Å². The van der Waals surface area contributed by atoms with Crippen LogP contribution in [0.2, 0.25) is 0 Å². The summed E-state index contributed by atoms with van der Waals surface area (Å²) in [6.07, 6.45) is 1.22. The first-order chi connectivity index (χ1) is 9.99. The number of amides is 1. The maximum absolute atomic E-state index is 12.4. The number of carbonyl (C=O) groups is 1. The summed E-state index contributed by atoms with van der Waals surface area (Å²) in [5, 5.41) is 13.9. The summed E-state index contributed by atoms with van der Waals surface area (Å²) in [4.78, 5) is 16.9. The molecule has 0 spiro atoms. The van der Waals surface area contributed by atoms with Crippen molar-refractivity contribution in [2.45, 2.75) is 39.2 Å². The highest BCUT2D eigenvalue weighted by atomic mass is 16.3. The second-order valence-corrected chi connectivity index (χ2v) is 5.44. The Morgan fingerprint density at radius 1 is 1.29 bits per heavy atom. The molecular formula is C17H22N2O2. The normalized spacial score (nSPS) is 11.6. The molecule has 0 unspecified atom stereocenters. The predicted molar refractivity (Wildman–Crippen MR) is 84.3 cm³/mol. The number of aliphatic hydroxyl groups is 1. The first-order valence-corrected chi connectivity index (χ1v) is 7.36. The third-order valence-electron chi connectivity index (χ3n) is 3.98. The van der Waals surface area contributed by atoms with Gasteiger partial charge >= 0.3 is 0 Å². The first kappa shape index (κ1) is 15.4. The summed E-state index contributed by atoms with van der Waals surface area (Å²) in [5.41, 5.74) is 1.38. The Kier molecular flexibility index (Phi) is 4.58. The summed E-state index contributed by atoms with van der Waals surface area (Å²) in [6, 6.07) is 9.37. The summed E-state index contributed by atoms with van der Waals surface area (Å²) in [5.74, 6) is -0.169. The quantitative estimate of drug-likeness (QED) is 0.888. The number of fused-ring (bicyclic) bond motifs is 1. The van der Waals surface area contributed by atoms with Crippen LogP contribution in [0.4, 0.5) is 0 Å². The molecule has 112 valence electrons. The van der Waals surface area contributed by atoms with E-state index in [1.165, 1.54) is 0 Å². The van der Waals surface area contributed by atoms with Crippen LogP contribution in [0.1, 0.15) is 42.7 Å². The van der Waals surface area contributed by atoms with Crippen molar-refractivity contribution in [1.29, 1.82) is 0 Å². The van der Waals surface area contributed by atoms with E-state index in [4.69, 9.17) is 0 Å². The summed E-state index contributed by atoms with van der Waals surface area (Å²) >= 11 is 0. The second-order valence-electron chi connectivity index (χ2n) is 5.44. The number of aryl methyl sites for hydroxylation is 1. The van der Waals surface area contributed by atoms with Gasteiger partial charge in [0.25, 0.3) is 5.91 Å². The van der Waals surface area contributed by atoms with Crippen LogP contribution in [0.3, 0.4) is 0 Å². The standard InChI is InChI=1S/C17H22N2O2/c1-4-17(21,5-2)11-18-16(20)14-10-12(3)19-15-9-7-6-8-13(14)15/h6-10,21H,4-5,11H2,1-3H3,(H,18,20). The summed E-state index contributed by atoms with van der Waals surface area (Å²) in [7, 11) is 0. The van der Waals surface area contributed by atoms with Gasteiger partial charge in [0.05, 0.1) is 16.7 Å². The molecule has 0 aliphatic heterocycles. The molecule has 0 aliphatic carbocycles. The molecule has 0 radical (unpaired) electrons. The minimum atomic E-state index is -0.840. The Morgan fingerprint density at radius 2 is 1.95 bits per heavy atom. The lowest BCUT2D eigenvalue weighted by molar-refractivity contribution is 0.0314. The van der Waals surface area contributed by atoms with E-state index in [9.17, 15) is 9.90 Å². The number of nitrogens with zero attached hydrogens (tertiary/aromatic N) is 1. The molecule has 1 aromatic carbocycles. The number of hydrogen-bond donors (Lipinski definition) is 2. The fraction of sp³-hybridized carbons (Fsp3) is 0.412. The number of benzene rings is 1. The average Bonchev–Trinajstić information content (AvgIpc) is 2.51. The molecule has 0 saturated carbocycles. The smallest absolute Gasteiger partial charge is 0.252 e. The van der Waals surface area contributed by atoms with Gasteiger partial charge in [-0.3, -0.25) is 9.78 Å². The zero-order chi connectivity index (χ0) is 15.5. The van der Waals surface area contributed by atoms with Gasteiger partial charge in [-0.25, -0.2) is 0 Å². The maximum Gasteiger partial charge on any atom is 0.252 e. The molecule has 4 nitrogen and oxygen atoms in total. The molecule has 0 bridgehead atoms. The van der Waals surface area contributed by atoms with Gasteiger partial charge in [-0.1, -0.05) is 32.0 Å². The zero-order valence-corrected chi connectivity index (χ0v) is 12.8. The topological polar surface area (TPSA) is 62.2 Å². The van der Waals surface area contributed by atoms with Gasteiger partial charge in [0.15, 0.2) is 0 Å². The highest BCUT2D eigenvalue weighted by Crippen LogP contribution is 2.19. The minimum absolute atomic E-state index is 0.169. The molecule has 0 fully saturated rings. The molecule has 0 saturated heterocycles. The van der Waals surface area contributed by atoms with Crippen molar-refractivity contribution < 1.29 is 9.90 Å². The minimum Gasteiger partial charge on any atom is -0.388 e. The van der Waals surface area contributed by atoms with Crippen molar-refractivity contribution >= 4 is 16.8 Å². The highest BCUT2D eigenvalue weighted by molar-refractivity contribution is 6.06. The number of nitrogens with one attached hydrogen (secondary N) is 1. The molecule has 0 aliphatic rings. The molecule has 1 heterocycles. The first-order valence-electron chi connectivity index (χ1n) is 7.36. The number of carbonyl (C=O) groups excluding carboxylic acids is 1. The molecule has 4 heteroatoms. The maximum atomic E-state index is 12.4. The van der Waals surface area contributed by atoms with Crippen molar-refractivity contribution in [1.82, 2.24) is 10.3 Å². The number of aromatic nitrogens is 1. The van der Waals surface area contributed by atoms with Crippen molar-refractivity contribution in [3.8, 4) is 0 Å². The van der Waals surface area contributed by atoms with Crippen LogP contribution in [-0.2, 0) is 0 Å². The lowest BCUT2D eigenvalue weighted by Gasteiger charge is -2.25. The average molecular weight is 286 g/mol. The van der Waals surface area contributed by atoms with Crippen molar-refractivity contribution in [3.05, 3.63) is 41.6 Å². The third-order valence-corrected chi connectivity index (χ3v) is 3.98. The van der Waals surface area contributed by atoms with Crippen LogP contribution in [-0.4, -0.2) is 28.1 Å². The van der Waals surface area contributed by atoms with E-state index >= 15 is 0 Å². The highest BCUT2D eigenvalue weighted by Gasteiger charge is 2.23. The molecular weight excluding hydrogens is 264 g/mol. The third kappa shape index (κ3) is 3.39. The molecule has 1 aromatic heterocycles. The van der Waals surface area contributed by atoms with E-state index in [1.54, 1.807) is 6.07 Å². The van der Waals surface area contributed by atoms with E-state index < -0.39 is 5.60 Å². The van der Waals surface area contributed by atoms with Crippen LogP contribution in [0.5, 0.6) is 0 Å². The van der Waals surface area contributed by atoms with Crippen LogP contribution < -0.4 is 5.32 Å². The van der Waals surface area contributed by atoms with E-state index in [0.29, 0.717) is 18.4 Å². The Labute approximate surface area is 125 Å². The summed E-state index contributed by atoms with van der Waals surface area (Å²) < 4.78 is 0. The summed E-state index contributed by atoms with van der Waals surface area (Å²) in [6.45, 7) is 5.97. The Balaban J connectivity index is 2.27. The van der Waals surface area contributed by atoms with Crippen LogP contribution in [0, 0.1) is 6.92 Å². The fourth-order valence-corrected chi connectivity index (χ4v) is 2.34. The van der Waals surface area contributed by atoms with Gasteiger partial charge in [0, 0.05) is 17.6 Å². The van der Waals surface area contributed by atoms with E-state index in [0.717, 1.165) is 16.6 Å². The van der Waals surface area contributed by atoms with E-state index in [-0.39, 0.29) is 12.5 Å². The number of pyridine rings is 1. The number of hydrogen-bond acceptors (Lipinski definition) is 3. The predicted octanol–water partition coefficient (Wildman–Crippen LogP) is 2.82. The van der Waals surface area contributed by atoms with Crippen LogP contribution >= 0.6 is 0 Å². The van der Waals surface area contributed by atoms with Gasteiger partial charge < -0.3 is 10.4 Å². The molecule has 1 amide bonds. The monoisotopic (exact) mass is 286 g/mol. The molecule has 2 rings (SSSR count). The van der Waals surface area contributed by atoms with Gasteiger partial charge in [-0.05, 0) is 31.9 Å². The van der Waals surface area contributed by atoms with Crippen molar-refractivity contribution in [2.24, 2.45) is 0 Å². The SMILES string of the molecule is CCC(O)(CC)CNC(=O)c1cc(C)nc2ccccc12. The lowest BCUT2D eigenvalue weighted by Crippen LogP contribution is -2.42. The Bertz CT molecular complexity index is 648. The van der Waals surface area contributed by atoms with E-state index in [1.807, 2.05) is 45.0 Å². The van der Waals surface area contributed by atoms with Crippen LogP contribution in [0.15, 0.2) is 30.3 Å². The Morgan fingerprint density at radius 3 is 2.62 bits per heavy atom. The second kappa shape index (κ2) is 6.22. The number of para-hydroxylation sites is 1. The molecule has 21 heavy (non-hydrogen) atoms. The van der Waals surface area contributed by atoms with Gasteiger partial charge in [0.1, 0.15) is 0 Å².